The molecule has 0 bridgehead atoms. The molecule has 19 heavy (non-hydrogen) atoms. The Morgan fingerprint density at radius 3 is 1.68 bits per heavy atom. The summed E-state index contributed by atoms with van der Waals surface area (Å²) in [6, 6.07) is 23.0. The van der Waals surface area contributed by atoms with Gasteiger partial charge in [0.25, 0.3) is 0 Å². The fourth-order valence-corrected chi connectivity index (χ4v) is 2.27. The Morgan fingerprint density at radius 2 is 1.11 bits per heavy atom. The zero-order valence-electron chi connectivity index (χ0n) is 10.3. The third-order valence-corrected chi connectivity index (χ3v) is 3.52. The highest BCUT2D eigenvalue weighted by molar-refractivity contribution is 9.10. The standard InChI is InChI=1S/C17H12BrN/c18-17-11-10-16(12-19-17)15-8-6-14(7-9-15)13-4-2-1-3-5-13/h1-12H. The molecular weight excluding hydrogens is 298 g/mol. The molecule has 0 fully saturated rings. The molecular formula is C17H12BrN. The first-order valence-electron chi connectivity index (χ1n) is 6.10. The van der Waals surface area contributed by atoms with Gasteiger partial charge in [0.1, 0.15) is 4.60 Å². The van der Waals surface area contributed by atoms with Crippen LogP contribution in [0.25, 0.3) is 22.3 Å². The van der Waals surface area contributed by atoms with Gasteiger partial charge < -0.3 is 0 Å². The molecule has 1 heterocycles. The molecule has 92 valence electrons. The van der Waals surface area contributed by atoms with Crippen LogP contribution >= 0.6 is 15.9 Å². The van der Waals surface area contributed by atoms with E-state index in [4.69, 9.17) is 0 Å². The van der Waals surface area contributed by atoms with Crippen molar-refractivity contribution in [1.82, 2.24) is 4.98 Å². The highest BCUT2D eigenvalue weighted by atomic mass is 79.9. The van der Waals surface area contributed by atoms with E-state index in [1.54, 1.807) is 0 Å². The van der Waals surface area contributed by atoms with Gasteiger partial charge in [0, 0.05) is 11.8 Å². The van der Waals surface area contributed by atoms with Crippen molar-refractivity contribution in [1.29, 1.82) is 0 Å². The minimum atomic E-state index is 0.858. The summed E-state index contributed by atoms with van der Waals surface area (Å²) < 4.78 is 0.858. The molecule has 0 atom stereocenters. The maximum Gasteiger partial charge on any atom is 0.106 e. The Labute approximate surface area is 121 Å². The van der Waals surface area contributed by atoms with Crippen LogP contribution in [0.15, 0.2) is 77.5 Å². The quantitative estimate of drug-likeness (QED) is 0.594. The zero-order valence-corrected chi connectivity index (χ0v) is 11.8. The molecule has 3 rings (SSSR count). The van der Waals surface area contributed by atoms with Crippen molar-refractivity contribution in [2.75, 3.05) is 0 Å². The minimum absolute atomic E-state index is 0.858. The van der Waals surface area contributed by atoms with E-state index in [2.05, 4.69) is 75.5 Å². The summed E-state index contributed by atoms with van der Waals surface area (Å²) in [6.45, 7) is 0. The fourth-order valence-electron chi connectivity index (χ4n) is 2.03. The highest BCUT2D eigenvalue weighted by Gasteiger charge is 2.00. The lowest BCUT2D eigenvalue weighted by Crippen LogP contribution is -1.82. The van der Waals surface area contributed by atoms with Gasteiger partial charge in [-0.15, -0.1) is 0 Å². The predicted octanol–water partition coefficient (Wildman–Crippen LogP) is 5.18. The van der Waals surface area contributed by atoms with Crippen molar-refractivity contribution in [2.45, 2.75) is 0 Å². The van der Waals surface area contributed by atoms with Gasteiger partial charge in [-0.1, -0.05) is 60.7 Å². The van der Waals surface area contributed by atoms with E-state index >= 15 is 0 Å². The summed E-state index contributed by atoms with van der Waals surface area (Å²) in [5.74, 6) is 0. The minimum Gasteiger partial charge on any atom is -0.249 e. The topological polar surface area (TPSA) is 12.9 Å². The molecule has 2 aromatic carbocycles. The number of hydrogen-bond donors (Lipinski definition) is 0. The summed E-state index contributed by atoms with van der Waals surface area (Å²) in [5.41, 5.74) is 4.78. The Kier molecular flexibility index (Phi) is 3.43. The molecule has 0 spiro atoms. The van der Waals surface area contributed by atoms with E-state index in [1.807, 2.05) is 18.3 Å². The van der Waals surface area contributed by atoms with E-state index in [0.717, 1.165) is 10.2 Å². The molecule has 0 saturated heterocycles. The smallest absolute Gasteiger partial charge is 0.106 e. The molecule has 1 aromatic heterocycles. The Bertz CT molecular complexity index is 658. The molecule has 0 aliphatic carbocycles. The van der Waals surface area contributed by atoms with Crippen molar-refractivity contribution in [3.8, 4) is 22.3 Å². The average Bonchev–Trinajstić information content (AvgIpc) is 2.49. The first-order valence-corrected chi connectivity index (χ1v) is 6.90. The van der Waals surface area contributed by atoms with Crippen LogP contribution in [0.4, 0.5) is 0 Å². The van der Waals surface area contributed by atoms with Crippen LogP contribution in [0.1, 0.15) is 0 Å². The van der Waals surface area contributed by atoms with Gasteiger partial charge in [0.05, 0.1) is 0 Å². The van der Waals surface area contributed by atoms with Gasteiger partial charge in [-0.25, -0.2) is 4.98 Å². The van der Waals surface area contributed by atoms with Crippen molar-refractivity contribution < 1.29 is 0 Å². The summed E-state index contributed by atoms with van der Waals surface area (Å²) in [6.07, 6.45) is 1.88. The first kappa shape index (κ1) is 12.1. The normalized spacial score (nSPS) is 10.4. The summed E-state index contributed by atoms with van der Waals surface area (Å²) >= 11 is 3.35. The number of halogens is 1. The van der Waals surface area contributed by atoms with Crippen molar-refractivity contribution in [3.05, 3.63) is 77.5 Å². The van der Waals surface area contributed by atoms with Gasteiger partial charge in [0.15, 0.2) is 0 Å². The van der Waals surface area contributed by atoms with E-state index in [0.29, 0.717) is 0 Å². The number of aromatic nitrogens is 1. The zero-order chi connectivity index (χ0) is 13.1. The van der Waals surface area contributed by atoms with Crippen LogP contribution < -0.4 is 0 Å². The molecule has 2 heteroatoms. The molecule has 0 radical (unpaired) electrons. The maximum atomic E-state index is 4.25. The summed E-state index contributed by atoms with van der Waals surface area (Å²) in [4.78, 5) is 4.25. The maximum absolute atomic E-state index is 4.25. The third-order valence-electron chi connectivity index (χ3n) is 3.05. The SMILES string of the molecule is Brc1ccc(-c2ccc(-c3ccccc3)cc2)cn1. The van der Waals surface area contributed by atoms with Gasteiger partial charge in [-0.3, -0.25) is 0 Å². The number of benzene rings is 2. The predicted molar refractivity (Wildman–Crippen MR) is 82.8 cm³/mol. The Morgan fingerprint density at radius 1 is 0.579 bits per heavy atom. The van der Waals surface area contributed by atoms with Crippen LogP contribution in [-0.4, -0.2) is 4.98 Å². The van der Waals surface area contributed by atoms with Crippen LogP contribution in [0.3, 0.4) is 0 Å². The summed E-state index contributed by atoms with van der Waals surface area (Å²) in [5, 5.41) is 0. The molecule has 0 N–H and O–H groups in total. The van der Waals surface area contributed by atoms with Gasteiger partial charge in [0.2, 0.25) is 0 Å². The van der Waals surface area contributed by atoms with Gasteiger partial charge in [-0.05, 0) is 38.7 Å². The average molecular weight is 310 g/mol. The largest absolute Gasteiger partial charge is 0.249 e. The highest BCUT2D eigenvalue weighted by Crippen LogP contribution is 2.24. The molecule has 0 amide bonds. The van der Waals surface area contributed by atoms with Crippen LogP contribution in [0, 0.1) is 0 Å². The second-order valence-electron chi connectivity index (χ2n) is 4.31. The summed E-state index contributed by atoms with van der Waals surface area (Å²) in [7, 11) is 0. The lowest BCUT2D eigenvalue weighted by molar-refractivity contribution is 1.28. The number of rotatable bonds is 2. The van der Waals surface area contributed by atoms with E-state index in [1.165, 1.54) is 16.7 Å². The second-order valence-corrected chi connectivity index (χ2v) is 5.13. The van der Waals surface area contributed by atoms with Crippen molar-refractivity contribution >= 4 is 15.9 Å². The molecule has 0 saturated carbocycles. The monoisotopic (exact) mass is 309 g/mol. The first-order chi connectivity index (χ1) is 9.33. The third kappa shape index (κ3) is 2.74. The van der Waals surface area contributed by atoms with Crippen LogP contribution in [0.2, 0.25) is 0 Å². The Hall–Kier alpha value is -1.93. The number of nitrogens with zero attached hydrogens (tertiary/aromatic N) is 1. The number of hydrogen-bond acceptors (Lipinski definition) is 1. The van der Waals surface area contributed by atoms with E-state index in [9.17, 15) is 0 Å². The Balaban J connectivity index is 1.93. The van der Waals surface area contributed by atoms with Gasteiger partial charge in [-0.2, -0.15) is 0 Å². The molecule has 0 aliphatic heterocycles. The van der Waals surface area contributed by atoms with E-state index in [-0.39, 0.29) is 0 Å². The number of pyridine rings is 1. The fraction of sp³-hybridized carbons (Fsp3) is 0. The molecule has 0 aliphatic rings. The van der Waals surface area contributed by atoms with Gasteiger partial charge >= 0.3 is 0 Å². The van der Waals surface area contributed by atoms with Crippen LogP contribution in [-0.2, 0) is 0 Å². The lowest BCUT2D eigenvalue weighted by Gasteiger charge is -2.04. The van der Waals surface area contributed by atoms with Crippen molar-refractivity contribution in [2.24, 2.45) is 0 Å². The second kappa shape index (κ2) is 5.37. The lowest BCUT2D eigenvalue weighted by atomic mass is 10.0. The van der Waals surface area contributed by atoms with E-state index < -0.39 is 0 Å². The molecule has 3 aromatic rings. The van der Waals surface area contributed by atoms with Crippen molar-refractivity contribution in [3.63, 3.8) is 0 Å². The molecule has 1 nitrogen and oxygen atoms in total. The molecule has 0 unspecified atom stereocenters. The van der Waals surface area contributed by atoms with Crippen LogP contribution in [0.5, 0.6) is 0 Å².